The number of hydrogen-bond acceptors (Lipinski definition) is 3. The van der Waals surface area contributed by atoms with Crippen LogP contribution in [-0.4, -0.2) is 29.7 Å². The third-order valence-corrected chi connectivity index (χ3v) is 7.41. The normalized spacial score (nSPS) is 17.4. The molecule has 0 radical (unpaired) electrons. The van der Waals surface area contributed by atoms with Crippen LogP contribution >= 0.6 is 0 Å². The number of aliphatic hydroxyl groups is 1. The fourth-order valence-corrected chi connectivity index (χ4v) is 5.30. The van der Waals surface area contributed by atoms with E-state index < -0.39 is 23.8 Å². The topological polar surface area (TPSA) is 61.4 Å². The summed E-state index contributed by atoms with van der Waals surface area (Å²) in [7, 11) is 0. The number of nitrogens with one attached hydrogen (secondary N) is 2. The lowest BCUT2D eigenvalue weighted by Crippen LogP contribution is -2.53. The van der Waals surface area contributed by atoms with E-state index in [1.54, 1.807) is 0 Å². The first kappa shape index (κ1) is 28.3. The van der Waals surface area contributed by atoms with Crippen LogP contribution in [0.1, 0.15) is 89.0 Å². The molecule has 0 spiro atoms. The molecule has 1 aliphatic carbocycles. The third-order valence-electron chi connectivity index (χ3n) is 7.41. The fraction of sp³-hybridized carbons (Fsp3) is 0.567. The Labute approximate surface area is 214 Å². The van der Waals surface area contributed by atoms with Crippen molar-refractivity contribution in [1.29, 1.82) is 0 Å². The molecule has 198 valence electrons. The molecule has 2 atom stereocenters. The molecule has 0 heterocycles. The zero-order valence-electron chi connectivity index (χ0n) is 22.4. The van der Waals surface area contributed by atoms with Crippen molar-refractivity contribution >= 4 is 5.91 Å². The molecule has 36 heavy (non-hydrogen) atoms. The number of carbonyl (C=O) groups is 1. The summed E-state index contributed by atoms with van der Waals surface area (Å²) in [5.74, 6) is -1.65. The standard InChI is InChI=1S/C30H42F2N2O2/c1-6-21-12-23(29(3,4)5)17-24(13-21)30(10-8-7-9-11-30)33-19-28(36)27(34-20(2)35)16-22-14-25(31)18-26(32)15-22/h12-15,17-18,27-28,33,36H,6-11,16,19H2,1-5H3,(H,34,35)/t27-,28+/m0/s1. The molecule has 2 aromatic rings. The van der Waals surface area contributed by atoms with Crippen molar-refractivity contribution in [3.63, 3.8) is 0 Å². The van der Waals surface area contributed by atoms with Gasteiger partial charge in [-0.25, -0.2) is 8.78 Å². The number of aliphatic hydroxyl groups excluding tert-OH is 1. The van der Waals surface area contributed by atoms with Crippen molar-refractivity contribution in [2.24, 2.45) is 0 Å². The molecule has 2 aromatic carbocycles. The van der Waals surface area contributed by atoms with Crippen LogP contribution < -0.4 is 10.6 Å². The minimum atomic E-state index is -0.935. The average Bonchev–Trinajstić information content (AvgIpc) is 2.81. The number of benzene rings is 2. The Morgan fingerprint density at radius 1 is 1.00 bits per heavy atom. The lowest BCUT2D eigenvalue weighted by Gasteiger charge is -2.41. The summed E-state index contributed by atoms with van der Waals surface area (Å²) >= 11 is 0. The third kappa shape index (κ3) is 7.36. The Hall–Kier alpha value is -2.31. The first-order chi connectivity index (χ1) is 16.9. The van der Waals surface area contributed by atoms with Crippen molar-refractivity contribution in [1.82, 2.24) is 10.6 Å². The zero-order valence-corrected chi connectivity index (χ0v) is 22.4. The first-order valence-electron chi connectivity index (χ1n) is 13.2. The molecule has 6 heteroatoms. The summed E-state index contributed by atoms with van der Waals surface area (Å²) in [6.07, 6.45) is 5.46. The van der Waals surface area contributed by atoms with E-state index in [-0.39, 0.29) is 29.8 Å². The van der Waals surface area contributed by atoms with Gasteiger partial charge in [-0.2, -0.15) is 0 Å². The van der Waals surface area contributed by atoms with Crippen LogP contribution in [0.5, 0.6) is 0 Å². The number of carbonyl (C=O) groups excluding carboxylic acids is 1. The van der Waals surface area contributed by atoms with Crippen molar-refractivity contribution in [2.45, 2.75) is 103 Å². The number of amides is 1. The highest BCUT2D eigenvalue weighted by molar-refractivity contribution is 5.73. The van der Waals surface area contributed by atoms with E-state index in [4.69, 9.17) is 0 Å². The summed E-state index contributed by atoms with van der Waals surface area (Å²) in [6, 6.07) is 9.52. The summed E-state index contributed by atoms with van der Waals surface area (Å²) in [5.41, 5.74) is 4.00. The molecule has 0 aliphatic heterocycles. The van der Waals surface area contributed by atoms with Crippen LogP contribution in [0.2, 0.25) is 0 Å². The highest BCUT2D eigenvalue weighted by Gasteiger charge is 2.36. The molecule has 1 amide bonds. The SMILES string of the molecule is CCc1cc(C(C)(C)C)cc(C2(NC[C@@H](O)[C@H](Cc3cc(F)cc(F)c3)NC(C)=O)CCCCC2)c1. The minimum Gasteiger partial charge on any atom is -0.390 e. The van der Waals surface area contributed by atoms with Crippen molar-refractivity contribution in [3.8, 4) is 0 Å². The highest BCUT2D eigenvalue weighted by Crippen LogP contribution is 2.39. The van der Waals surface area contributed by atoms with Crippen LogP contribution in [0.4, 0.5) is 8.78 Å². The molecule has 1 saturated carbocycles. The second kappa shape index (κ2) is 11.8. The molecule has 0 aromatic heterocycles. The van der Waals surface area contributed by atoms with E-state index in [0.717, 1.165) is 38.2 Å². The van der Waals surface area contributed by atoms with Crippen LogP contribution in [0.15, 0.2) is 36.4 Å². The largest absolute Gasteiger partial charge is 0.390 e. The zero-order chi connectivity index (χ0) is 26.5. The quantitative estimate of drug-likeness (QED) is 0.415. The molecule has 0 bridgehead atoms. The van der Waals surface area contributed by atoms with Gasteiger partial charge in [0, 0.05) is 25.1 Å². The Balaban J connectivity index is 1.86. The van der Waals surface area contributed by atoms with Crippen LogP contribution in [0, 0.1) is 11.6 Å². The smallest absolute Gasteiger partial charge is 0.217 e. The Bertz CT molecular complexity index is 1020. The maximum Gasteiger partial charge on any atom is 0.217 e. The number of halogens is 2. The van der Waals surface area contributed by atoms with E-state index in [1.807, 2.05) is 0 Å². The van der Waals surface area contributed by atoms with Gasteiger partial charge >= 0.3 is 0 Å². The molecule has 1 fully saturated rings. The average molecular weight is 501 g/mol. The van der Waals surface area contributed by atoms with Gasteiger partial charge in [-0.3, -0.25) is 4.79 Å². The van der Waals surface area contributed by atoms with Crippen molar-refractivity contribution in [2.75, 3.05) is 6.54 Å². The summed E-state index contributed by atoms with van der Waals surface area (Å²) < 4.78 is 27.5. The van der Waals surface area contributed by atoms with Crippen LogP contribution in [0.3, 0.4) is 0 Å². The molecule has 0 saturated heterocycles. The van der Waals surface area contributed by atoms with Gasteiger partial charge in [-0.1, -0.05) is 65.2 Å². The van der Waals surface area contributed by atoms with E-state index in [0.29, 0.717) is 5.56 Å². The minimum absolute atomic E-state index is 0.0199. The Morgan fingerprint density at radius 2 is 1.64 bits per heavy atom. The van der Waals surface area contributed by atoms with E-state index in [9.17, 15) is 18.7 Å². The maximum atomic E-state index is 13.7. The van der Waals surface area contributed by atoms with Gasteiger partial charge in [-0.05, 0) is 65.5 Å². The summed E-state index contributed by atoms with van der Waals surface area (Å²) in [5, 5.41) is 17.6. The predicted octanol–water partition coefficient (Wildman–Crippen LogP) is 5.68. The number of rotatable bonds is 9. The second-order valence-corrected chi connectivity index (χ2v) is 11.4. The molecular weight excluding hydrogens is 458 g/mol. The Kier molecular flexibility index (Phi) is 9.28. The van der Waals surface area contributed by atoms with Crippen LogP contribution in [-0.2, 0) is 28.6 Å². The molecule has 4 nitrogen and oxygen atoms in total. The van der Waals surface area contributed by atoms with Gasteiger partial charge < -0.3 is 15.7 Å². The fourth-order valence-electron chi connectivity index (χ4n) is 5.30. The van der Waals surface area contributed by atoms with E-state index in [1.165, 1.54) is 42.2 Å². The van der Waals surface area contributed by atoms with Crippen molar-refractivity contribution in [3.05, 3.63) is 70.3 Å². The monoisotopic (exact) mass is 500 g/mol. The van der Waals surface area contributed by atoms with Gasteiger partial charge in [0.15, 0.2) is 0 Å². The summed E-state index contributed by atoms with van der Waals surface area (Å²) in [6.45, 7) is 10.5. The summed E-state index contributed by atoms with van der Waals surface area (Å²) in [4.78, 5) is 11.9. The van der Waals surface area contributed by atoms with Crippen molar-refractivity contribution < 1.29 is 18.7 Å². The van der Waals surface area contributed by atoms with E-state index >= 15 is 0 Å². The van der Waals surface area contributed by atoms with Gasteiger partial charge in [0.1, 0.15) is 11.6 Å². The lowest BCUT2D eigenvalue weighted by molar-refractivity contribution is -0.120. The number of hydrogen-bond donors (Lipinski definition) is 3. The molecule has 3 rings (SSSR count). The molecule has 0 unspecified atom stereocenters. The second-order valence-electron chi connectivity index (χ2n) is 11.4. The first-order valence-corrected chi connectivity index (χ1v) is 13.2. The van der Waals surface area contributed by atoms with Crippen LogP contribution in [0.25, 0.3) is 0 Å². The lowest BCUT2D eigenvalue weighted by atomic mass is 9.73. The van der Waals surface area contributed by atoms with Gasteiger partial charge in [0.2, 0.25) is 5.91 Å². The Morgan fingerprint density at radius 3 is 2.19 bits per heavy atom. The molecule has 1 aliphatic rings. The number of aryl methyl sites for hydroxylation is 1. The molecular formula is C30H42F2N2O2. The highest BCUT2D eigenvalue weighted by atomic mass is 19.1. The van der Waals surface area contributed by atoms with Gasteiger partial charge in [-0.15, -0.1) is 0 Å². The van der Waals surface area contributed by atoms with Gasteiger partial charge in [0.25, 0.3) is 0 Å². The predicted molar refractivity (Wildman–Crippen MR) is 141 cm³/mol. The van der Waals surface area contributed by atoms with Gasteiger partial charge in [0.05, 0.1) is 12.1 Å². The molecule has 3 N–H and O–H groups in total. The van der Waals surface area contributed by atoms with E-state index in [2.05, 4.69) is 56.5 Å². The maximum absolute atomic E-state index is 13.7.